The Labute approximate surface area is 93.1 Å². The van der Waals surface area contributed by atoms with Gasteiger partial charge in [0.25, 0.3) is 5.91 Å². The molecular weight excluding hydrogens is 204 g/mol. The third-order valence-corrected chi connectivity index (χ3v) is 2.16. The van der Waals surface area contributed by atoms with Crippen molar-refractivity contribution in [2.24, 2.45) is 7.05 Å². The van der Waals surface area contributed by atoms with E-state index in [1.807, 2.05) is 19.1 Å². The highest BCUT2D eigenvalue weighted by atomic mass is 16.1. The minimum absolute atomic E-state index is 0.180. The number of aromatic nitrogens is 3. The summed E-state index contributed by atoms with van der Waals surface area (Å²) in [6, 6.07) is 7.35. The summed E-state index contributed by atoms with van der Waals surface area (Å²) in [5.41, 5.74) is 1.73. The third-order valence-electron chi connectivity index (χ3n) is 2.16. The van der Waals surface area contributed by atoms with E-state index >= 15 is 0 Å². The lowest BCUT2D eigenvalue weighted by Crippen LogP contribution is -2.12. The number of benzene rings is 1. The summed E-state index contributed by atoms with van der Waals surface area (Å²) >= 11 is 0. The molecule has 1 aromatic heterocycles. The first-order valence-electron chi connectivity index (χ1n) is 4.89. The molecular formula is C11H12N4O. The maximum Gasteiger partial charge on any atom is 0.256 e. The molecule has 0 spiro atoms. The van der Waals surface area contributed by atoms with E-state index < -0.39 is 0 Å². The van der Waals surface area contributed by atoms with Crippen LogP contribution in [0, 0.1) is 6.92 Å². The number of carbonyl (C=O) groups is 1. The molecule has 0 saturated carbocycles. The van der Waals surface area contributed by atoms with E-state index in [0.29, 0.717) is 11.4 Å². The van der Waals surface area contributed by atoms with E-state index in [2.05, 4.69) is 15.6 Å². The van der Waals surface area contributed by atoms with Crippen LogP contribution >= 0.6 is 0 Å². The molecule has 5 nitrogen and oxygen atoms in total. The summed E-state index contributed by atoms with van der Waals surface area (Å²) in [5, 5.41) is 10.2. The number of carbonyl (C=O) groups excluding carboxylic acids is 1. The van der Waals surface area contributed by atoms with Gasteiger partial charge in [0.2, 0.25) is 0 Å². The summed E-state index contributed by atoms with van der Waals surface area (Å²) in [7, 11) is 1.74. The van der Waals surface area contributed by atoms with Crippen LogP contribution in [0.2, 0.25) is 0 Å². The topological polar surface area (TPSA) is 59.8 Å². The lowest BCUT2D eigenvalue weighted by molar-refractivity contribution is 0.102. The first-order valence-corrected chi connectivity index (χ1v) is 4.89. The molecule has 82 valence electrons. The number of hydrogen-bond acceptors (Lipinski definition) is 3. The molecule has 0 fully saturated rings. The third kappa shape index (κ3) is 2.25. The van der Waals surface area contributed by atoms with Gasteiger partial charge in [-0.3, -0.25) is 9.48 Å². The Hall–Kier alpha value is -2.17. The van der Waals surface area contributed by atoms with Gasteiger partial charge in [-0.2, -0.15) is 0 Å². The largest absolute Gasteiger partial charge is 0.304 e. The SMILES string of the molecule is Cc1ccc(C(=O)Nc2cn(C)nn2)cc1. The number of hydrogen-bond donors (Lipinski definition) is 1. The number of nitrogens with zero attached hydrogens (tertiary/aromatic N) is 3. The molecule has 1 N–H and O–H groups in total. The predicted octanol–water partition coefficient (Wildman–Crippen LogP) is 1.38. The van der Waals surface area contributed by atoms with Crippen molar-refractivity contribution in [1.29, 1.82) is 0 Å². The van der Waals surface area contributed by atoms with Crippen LogP contribution < -0.4 is 5.32 Å². The van der Waals surface area contributed by atoms with Crippen molar-refractivity contribution >= 4 is 11.7 Å². The Morgan fingerprint density at radius 2 is 2.00 bits per heavy atom. The Bertz CT molecular complexity index is 501. The summed E-state index contributed by atoms with van der Waals surface area (Å²) in [5.74, 6) is 0.272. The van der Waals surface area contributed by atoms with Gasteiger partial charge >= 0.3 is 0 Å². The van der Waals surface area contributed by atoms with E-state index in [9.17, 15) is 4.79 Å². The fourth-order valence-corrected chi connectivity index (χ4v) is 1.30. The summed E-state index contributed by atoms with van der Waals surface area (Å²) in [4.78, 5) is 11.7. The van der Waals surface area contributed by atoms with Gasteiger partial charge in [-0.05, 0) is 19.1 Å². The van der Waals surface area contributed by atoms with Crippen LogP contribution in [0.4, 0.5) is 5.82 Å². The van der Waals surface area contributed by atoms with Crippen LogP contribution in [0.3, 0.4) is 0 Å². The molecule has 0 aliphatic carbocycles. The van der Waals surface area contributed by atoms with Crippen LogP contribution in [0.5, 0.6) is 0 Å². The average molecular weight is 216 g/mol. The van der Waals surface area contributed by atoms with Gasteiger partial charge in [0, 0.05) is 12.6 Å². The molecule has 0 aliphatic rings. The zero-order valence-electron chi connectivity index (χ0n) is 9.14. The van der Waals surface area contributed by atoms with Crippen molar-refractivity contribution in [1.82, 2.24) is 15.0 Å². The molecule has 1 aromatic carbocycles. The molecule has 0 unspecified atom stereocenters. The van der Waals surface area contributed by atoms with Crippen LogP contribution in [0.15, 0.2) is 30.5 Å². The molecule has 0 saturated heterocycles. The van der Waals surface area contributed by atoms with Gasteiger partial charge in [0.1, 0.15) is 0 Å². The van der Waals surface area contributed by atoms with E-state index in [4.69, 9.17) is 0 Å². The lowest BCUT2D eigenvalue weighted by Gasteiger charge is -2.01. The fraction of sp³-hybridized carbons (Fsp3) is 0.182. The molecule has 2 rings (SSSR count). The monoisotopic (exact) mass is 216 g/mol. The van der Waals surface area contributed by atoms with Gasteiger partial charge in [-0.1, -0.05) is 22.9 Å². The maximum atomic E-state index is 11.7. The Balaban J connectivity index is 2.11. The van der Waals surface area contributed by atoms with Gasteiger partial charge in [0.15, 0.2) is 5.82 Å². The molecule has 5 heteroatoms. The van der Waals surface area contributed by atoms with Crippen molar-refractivity contribution < 1.29 is 4.79 Å². The highest BCUT2D eigenvalue weighted by molar-refractivity contribution is 6.03. The number of amides is 1. The number of rotatable bonds is 2. The maximum absolute atomic E-state index is 11.7. The van der Waals surface area contributed by atoms with Gasteiger partial charge < -0.3 is 5.32 Å². The summed E-state index contributed by atoms with van der Waals surface area (Å²) in [6.07, 6.45) is 1.64. The molecule has 0 radical (unpaired) electrons. The minimum Gasteiger partial charge on any atom is -0.304 e. The Kier molecular flexibility index (Phi) is 2.68. The molecule has 16 heavy (non-hydrogen) atoms. The van der Waals surface area contributed by atoms with E-state index in [0.717, 1.165) is 5.56 Å². The second-order valence-corrected chi connectivity index (χ2v) is 3.60. The molecule has 2 aromatic rings. The van der Waals surface area contributed by atoms with E-state index in [-0.39, 0.29) is 5.91 Å². The zero-order valence-corrected chi connectivity index (χ0v) is 9.14. The van der Waals surface area contributed by atoms with Crippen molar-refractivity contribution in [3.8, 4) is 0 Å². The van der Waals surface area contributed by atoms with Gasteiger partial charge in [-0.25, -0.2) is 0 Å². The Morgan fingerprint density at radius 1 is 1.31 bits per heavy atom. The first-order chi connectivity index (χ1) is 7.65. The quantitative estimate of drug-likeness (QED) is 0.824. The molecule has 1 amide bonds. The second kappa shape index (κ2) is 4.14. The van der Waals surface area contributed by atoms with Crippen molar-refractivity contribution in [2.45, 2.75) is 6.92 Å². The molecule has 1 heterocycles. The average Bonchev–Trinajstić information content (AvgIpc) is 2.65. The predicted molar refractivity (Wildman–Crippen MR) is 60.1 cm³/mol. The van der Waals surface area contributed by atoms with Crippen LogP contribution in [0.1, 0.15) is 15.9 Å². The van der Waals surface area contributed by atoms with E-state index in [1.165, 1.54) is 4.68 Å². The highest BCUT2D eigenvalue weighted by Gasteiger charge is 2.07. The Morgan fingerprint density at radius 3 is 2.56 bits per heavy atom. The van der Waals surface area contributed by atoms with Crippen molar-refractivity contribution in [3.05, 3.63) is 41.6 Å². The van der Waals surface area contributed by atoms with Crippen LogP contribution in [-0.4, -0.2) is 20.9 Å². The fourth-order valence-electron chi connectivity index (χ4n) is 1.30. The van der Waals surface area contributed by atoms with E-state index in [1.54, 1.807) is 25.4 Å². The highest BCUT2D eigenvalue weighted by Crippen LogP contribution is 2.06. The van der Waals surface area contributed by atoms with Crippen LogP contribution in [0.25, 0.3) is 0 Å². The normalized spacial score (nSPS) is 10.1. The van der Waals surface area contributed by atoms with Gasteiger partial charge in [-0.15, -0.1) is 5.10 Å². The molecule has 0 aliphatic heterocycles. The lowest BCUT2D eigenvalue weighted by atomic mass is 10.1. The smallest absolute Gasteiger partial charge is 0.256 e. The van der Waals surface area contributed by atoms with Crippen molar-refractivity contribution in [3.63, 3.8) is 0 Å². The second-order valence-electron chi connectivity index (χ2n) is 3.60. The standard InChI is InChI=1S/C11H12N4O/c1-8-3-5-9(6-4-8)11(16)12-10-7-15(2)14-13-10/h3-7H,1-2H3,(H,12,16). The van der Waals surface area contributed by atoms with Gasteiger partial charge in [0.05, 0.1) is 6.20 Å². The zero-order chi connectivity index (χ0) is 11.5. The first kappa shape index (κ1) is 10.4. The number of anilines is 1. The molecule has 0 atom stereocenters. The summed E-state index contributed by atoms with van der Waals surface area (Å²) in [6.45, 7) is 1.98. The minimum atomic E-state index is -0.180. The number of nitrogens with one attached hydrogen (secondary N) is 1. The van der Waals surface area contributed by atoms with Crippen LogP contribution in [-0.2, 0) is 7.05 Å². The van der Waals surface area contributed by atoms with Crippen molar-refractivity contribution in [2.75, 3.05) is 5.32 Å². The number of aryl methyl sites for hydroxylation is 2. The molecule has 0 bridgehead atoms. The summed E-state index contributed by atoms with van der Waals surface area (Å²) < 4.78 is 1.53.